The second-order valence-corrected chi connectivity index (χ2v) is 4.22. The van der Waals surface area contributed by atoms with E-state index in [9.17, 15) is 14.4 Å². The summed E-state index contributed by atoms with van der Waals surface area (Å²) in [5.74, 6) is -0.707. The lowest BCUT2D eigenvalue weighted by atomic mass is 10.1. The molecule has 4 N–H and O–H groups in total. The number of aromatic nitrogens is 2. The fourth-order valence-electron chi connectivity index (χ4n) is 1.89. The summed E-state index contributed by atoms with van der Waals surface area (Å²) in [6, 6.07) is 0. The number of carbonyl (C=O) groups is 2. The summed E-state index contributed by atoms with van der Waals surface area (Å²) in [5.41, 5.74) is 4.70. The van der Waals surface area contributed by atoms with Crippen LogP contribution in [0.5, 0.6) is 0 Å². The number of aromatic amines is 1. The molecule has 0 spiro atoms. The Balaban J connectivity index is 2.20. The molecule has 1 saturated heterocycles. The topological polar surface area (TPSA) is 135 Å². The van der Waals surface area contributed by atoms with Crippen LogP contribution in [-0.4, -0.2) is 39.5 Å². The number of amides is 1. The Hall–Kier alpha value is -2.06. The summed E-state index contributed by atoms with van der Waals surface area (Å²) < 4.78 is 5.26. The van der Waals surface area contributed by atoms with Crippen molar-refractivity contribution >= 4 is 11.7 Å². The van der Waals surface area contributed by atoms with Gasteiger partial charge in [-0.25, -0.2) is 4.98 Å². The van der Waals surface area contributed by atoms with Gasteiger partial charge in [0, 0.05) is 12.6 Å². The molecule has 8 heteroatoms. The van der Waals surface area contributed by atoms with E-state index in [0.717, 1.165) is 0 Å². The number of hydrogen-bond acceptors (Lipinski definition) is 6. The summed E-state index contributed by atoms with van der Waals surface area (Å²) in [5, 5.41) is 8.91. The van der Waals surface area contributed by atoms with E-state index in [1.807, 2.05) is 0 Å². The van der Waals surface area contributed by atoms with Crippen molar-refractivity contribution in [3.63, 3.8) is 0 Å². The number of rotatable bonds is 4. The minimum atomic E-state index is -0.894. The SMILES string of the molecule is NC(=O)Cc1ncc([C@H]2CC(=O)[C@@H](CO)O2)c(=O)[nH]1. The Kier molecular flexibility index (Phi) is 3.72. The summed E-state index contributed by atoms with van der Waals surface area (Å²) >= 11 is 0. The number of nitrogens with zero attached hydrogens (tertiary/aromatic N) is 1. The fourth-order valence-corrected chi connectivity index (χ4v) is 1.89. The largest absolute Gasteiger partial charge is 0.393 e. The maximum Gasteiger partial charge on any atom is 0.256 e. The van der Waals surface area contributed by atoms with Gasteiger partial charge >= 0.3 is 0 Å². The van der Waals surface area contributed by atoms with E-state index < -0.39 is 30.3 Å². The van der Waals surface area contributed by atoms with Gasteiger partial charge in [-0.15, -0.1) is 0 Å². The van der Waals surface area contributed by atoms with Crippen LogP contribution in [0, 0.1) is 0 Å². The average molecular weight is 267 g/mol. The maximum absolute atomic E-state index is 11.8. The van der Waals surface area contributed by atoms with E-state index in [4.69, 9.17) is 15.6 Å². The van der Waals surface area contributed by atoms with Gasteiger partial charge in [-0.05, 0) is 0 Å². The Morgan fingerprint density at radius 1 is 1.58 bits per heavy atom. The molecule has 2 rings (SSSR count). The number of Topliss-reactive ketones (excluding diaryl/α,β-unsaturated/α-hetero) is 1. The lowest BCUT2D eigenvalue weighted by molar-refractivity contribution is -0.124. The van der Waals surface area contributed by atoms with Gasteiger partial charge in [0.15, 0.2) is 5.78 Å². The molecule has 1 aromatic rings. The number of ketones is 1. The molecule has 0 bridgehead atoms. The van der Waals surface area contributed by atoms with Gasteiger partial charge in [0.1, 0.15) is 11.9 Å². The summed E-state index contributed by atoms with van der Waals surface area (Å²) in [6.07, 6.45) is -0.502. The smallest absolute Gasteiger partial charge is 0.256 e. The highest BCUT2D eigenvalue weighted by atomic mass is 16.5. The predicted octanol–water partition coefficient (Wildman–Crippen LogP) is -1.81. The second-order valence-electron chi connectivity index (χ2n) is 4.22. The van der Waals surface area contributed by atoms with Crippen molar-refractivity contribution in [2.75, 3.05) is 6.61 Å². The van der Waals surface area contributed by atoms with Crippen molar-refractivity contribution in [2.24, 2.45) is 5.73 Å². The standard InChI is InChI=1S/C11H13N3O5/c12-9(17)2-10-13-3-5(11(18)14-10)7-1-6(16)8(4-15)19-7/h3,7-8,15H,1-2,4H2,(H2,12,17)(H,13,14,18)/t7-,8-/m1/s1. The normalized spacial score (nSPS) is 22.7. The number of carbonyl (C=O) groups excluding carboxylic acids is 2. The van der Waals surface area contributed by atoms with Crippen molar-refractivity contribution in [3.8, 4) is 0 Å². The molecule has 0 unspecified atom stereocenters. The third-order valence-corrected chi connectivity index (χ3v) is 2.81. The molecule has 102 valence electrons. The van der Waals surface area contributed by atoms with E-state index in [1.54, 1.807) is 0 Å². The minimum Gasteiger partial charge on any atom is -0.393 e. The van der Waals surface area contributed by atoms with Gasteiger partial charge < -0.3 is 20.6 Å². The lowest BCUT2D eigenvalue weighted by Gasteiger charge is -2.10. The van der Waals surface area contributed by atoms with Crippen LogP contribution < -0.4 is 11.3 Å². The number of ether oxygens (including phenoxy) is 1. The van der Waals surface area contributed by atoms with Gasteiger partial charge in [0.05, 0.1) is 24.7 Å². The molecule has 1 aromatic heterocycles. The molecular formula is C11H13N3O5. The van der Waals surface area contributed by atoms with E-state index >= 15 is 0 Å². The predicted molar refractivity (Wildman–Crippen MR) is 62.1 cm³/mol. The highest BCUT2D eigenvalue weighted by Gasteiger charge is 2.35. The maximum atomic E-state index is 11.8. The number of aliphatic hydroxyl groups is 1. The van der Waals surface area contributed by atoms with Gasteiger partial charge in [-0.1, -0.05) is 0 Å². The molecule has 2 heterocycles. The van der Waals surface area contributed by atoms with Gasteiger partial charge in [0.25, 0.3) is 5.56 Å². The zero-order valence-corrected chi connectivity index (χ0v) is 9.96. The molecule has 19 heavy (non-hydrogen) atoms. The highest BCUT2D eigenvalue weighted by molar-refractivity contribution is 5.85. The first kappa shape index (κ1) is 13.4. The number of H-pyrrole nitrogens is 1. The van der Waals surface area contributed by atoms with Crippen LogP contribution in [0.25, 0.3) is 0 Å². The Bertz CT molecular complexity index is 568. The Labute approximate surface area is 107 Å². The van der Waals surface area contributed by atoms with Crippen molar-refractivity contribution in [3.05, 3.63) is 27.9 Å². The third kappa shape index (κ3) is 2.85. The van der Waals surface area contributed by atoms with Crippen molar-refractivity contribution in [1.29, 1.82) is 0 Å². The Morgan fingerprint density at radius 3 is 2.84 bits per heavy atom. The monoisotopic (exact) mass is 267 g/mol. The average Bonchev–Trinajstić information content (AvgIpc) is 2.69. The summed E-state index contributed by atoms with van der Waals surface area (Å²) in [6.45, 7) is -0.416. The molecule has 0 radical (unpaired) electrons. The number of nitrogens with two attached hydrogens (primary N) is 1. The molecule has 8 nitrogen and oxygen atoms in total. The molecule has 1 amide bonds. The van der Waals surface area contributed by atoms with Crippen molar-refractivity contribution in [2.45, 2.75) is 25.0 Å². The quantitative estimate of drug-likeness (QED) is 0.588. The van der Waals surface area contributed by atoms with Crippen molar-refractivity contribution in [1.82, 2.24) is 9.97 Å². The first-order valence-corrected chi connectivity index (χ1v) is 5.66. The number of nitrogens with one attached hydrogen (secondary N) is 1. The second kappa shape index (κ2) is 5.29. The van der Waals surface area contributed by atoms with Crippen molar-refractivity contribution < 1.29 is 19.4 Å². The molecular weight excluding hydrogens is 254 g/mol. The van der Waals surface area contributed by atoms with Gasteiger partial charge in [0.2, 0.25) is 5.91 Å². The van der Waals surface area contributed by atoms with Crippen LogP contribution in [0.2, 0.25) is 0 Å². The molecule has 2 atom stereocenters. The first-order valence-electron chi connectivity index (χ1n) is 5.66. The van der Waals surface area contributed by atoms with Crippen LogP contribution in [-0.2, 0) is 20.7 Å². The van der Waals surface area contributed by atoms with Gasteiger partial charge in [-0.2, -0.15) is 0 Å². The molecule has 1 aliphatic heterocycles. The van der Waals surface area contributed by atoms with Gasteiger partial charge in [-0.3, -0.25) is 14.4 Å². The lowest BCUT2D eigenvalue weighted by Crippen LogP contribution is -2.23. The van der Waals surface area contributed by atoms with E-state index in [2.05, 4.69) is 9.97 Å². The zero-order chi connectivity index (χ0) is 14.0. The minimum absolute atomic E-state index is 0.0190. The highest BCUT2D eigenvalue weighted by Crippen LogP contribution is 2.27. The van der Waals surface area contributed by atoms with Crippen LogP contribution in [0.15, 0.2) is 11.0 Å². The number of primary amides is 1. The molecule has 0 saturated carbocycles. The molecule has 0 aliphatic carbocycles. The van der Waals surface area contributed by atoms with Crippen LogP contribution in [0.1, 0.15) is 23.9 Å². The van der Waals surface area contributed by atoms with E-state index in [-0.39, 0.29) is 30.0 Å². The number of aliphatic hydroxyl groups excluding tert-OH is 1. The number of hydrogen-bond donors (Lipinski definition) is 3. The van der Waals surface area contributed by atoms with Crippen LogP contribution in [0.4, 0.5) is 0 Å². The molecule has 1 aliphatic rings. The first-order chi connectivity index (χ1) is 9.01. The zero-order valence-electron chi connectivity index (χ0n) is 9.96. The summed E-state index contributed by atoms with van der Waals surface area (Å²) in [7, 11) is 0. The summed E-state index contributed by atoms with van der Waals surface area (Å²) in [4.78, 5) is 40.3. The van der Waals surface area contributed by atoms with E-state index in [0.29, 0.717) is 0 Å². The van der Waals surface area contributed by atoms with Crippen LogP contribution in [0.3, 0.4) is 0 Å². The fraction of sp³-hybridized carbons (Fsp3) is 0.455. The third-order valence-electron chi connectivity index (χ3n) is 2.81. The molecule has 1 fully saturated rings. The van der Waals surface area contributed by atoms with Crippen LogP contribution >= 0.6 is 0 Å². The Morgan fingerprint density at radius 2 is 2.32 bits per heavy atom. The molecule has 0 aromatic carbocycles. The van der Waals surface area contributed by atoms with E-state index in [1.165, 1.54) is 6.20 Å².